The Morgan fingerprint density at radius 3 is 2.73 bits per heavy atom. The van der Waals surface area contributed by atoms with Gasteiger partial charge in [-0.05, 0) is 25.2 Å². The van der Waals surface area contributed by atoms with Crippen LogP contribution in [-0.2, 0) is 0 Å². The van der Waals surface area contributed by atoms with Crippen molar-refractivity contribution in [2.24, 2.45) is 5.92 Å². The van der Waals surface area contributed by atoms with Crippen molar-refractivity contribution < 1.29 is 0 Å². The molecular formula is C11H20. The van der Waals surface area contributed by atoms with Gasteiger partial charge in [0.25, 0.3) is 0 Å². The first-order valence-electron chi connectivity index (χ1n) is 5.00. The molecule has 0 fully saturated rings. The van der Waals surface area contributed by atoms with E-state index >= 15 is 0 Å². The van der Waals surface area contributed by atoms with Crippen LogP contribution >= 0.6 is 0 Å². The molecule has 0 spiro atoms. The topological polar surface area (TPSA) is 0 Å². The van der Waals surface area contributed by atoms with Crippen molar-refractivity contribution in [2.75, 3.05) is 0 Å². The van der Waals surface area contributed by atoms with Crippen molar-refractivity contribution in [3.63, 3.8) is 0 Å². The summed E-state index contributed by atoms with van der Waals surface area (Å²) in [6, 6.07) is 0. The summed E-state index contributed by atoms with van der Waals surface area (Å²) in [5.41, 5.74) is 1.70. The maximum atomic E-state index is 2.39. The van der Waals surface area contributed by atoms with E-state index in [1.807, 2.05) is 0 Å². The van der Waals surface area contributed by atoms with Crippen LogP contribution in [0.3, 0.4) is 0 Å². The van der Waals surface area contributed by atoms with Gasteiger partial charge in [0.1, 0.15) is 0 Å². The summed E-state index contributed by atoms with van der Waals surface area (Å²) < 4.78 is 0. The Kier molecular flexibility index (Phi) is 3.68. The summed E-state index contributed by atoms with van der Waals surface area (Å²) in [4.78, 5) is 0. The molecule has 64 valence electrons. The number of allylic oxidation sites excluding steroid dienone is 2. The Morgan fingerprint density at radius 1 is 1.45 bits per heavy atom. The first kappa shape index (κ1) is 8.83. The molecule has 0 bridgehead atoms. The molecular weight excluding hydrogens is 132 g/mol. The molecule has 0 radical (unpaired) electrons. The van der Waals surface area contributed by atoms with Gasteiger partial charge in [-0.25, -0.2) is 0 Å². The molecule has 11 heavy (non-hydrogen) atoms. The van der Waals surface area contributed by atoms with Gasteiger partial charge in [-0.15, -0.1) is 0 Å². The van der Waals surface area contributed by atoms with Crippen molar-refractivity contribution in [3.8, 4) is 0 Å². The highest BCUT2D eigenvalue weighted by Crippen LogP contribution is 2.26. The van der Waals surface area contributed by atoms with Crippen LogP contribution in [0.4, 0.5) is 0 Å². The maximum Gasteiger partial charge on any atom is -0.0136 e. The van der Waals surface area contributed by atoms with Crippen LogP contribution in [-0.4, -0.2) is 0 Å². The van der Waals surface area contributed by atoms with Gasteiger partial charge in [0.05, 0.1) is 0 Å². The largest absolute Gasteiger partial charge is 0.0810 e. The Bertz CT molecular complexity index is 133. The molecule has 1 aliphatic rings. The van der Waals surface area contributed by atoms with E-state index < -0.39 is 0 Å². The minimum atomic E-state index is 0.955. The summed E-state index contributed by atoms with van der Waals surface area (Å²) >= 11 is 0. The minimum Gasteiger partial charge on any atom is -0.0810 e. The Hall–Kier alpha value is -0.260. The average Bonchev–Trinajstić information content (AvgIpc) is 2.80. The third-order valence-electron chi connectivity index (χ3n) is 2.50. The molecule has 0 nitrogen and oxygen atoms in total. The van der Waals surface area contributed by atoms with Crippen molar-refractivity contribution in [1.82, 2.24) is 0 Å². The zero-order valence-electron chi connectivity index (χ0n) is 7.90. The number of hydrogen-bond acceptors (Lipinski definition) is 0. The van der Waals surface area contributed by atoms with Crippen LogP contribution < -0.4 is 0 Å². The molecule has 1 unspecified atom stereocenters. The quantitative estimate of drug-likeness (QED) is 0.506. The standard InChI is InChI=1S/C11H20/c1-3-4-5-10(2)6-7-11-8-9-11/h8,10H,3-7,9H2,1-2H3. The molecule has 0 amide bonds. The molecule has 0 aromatic carbocycles. The highest BCUT2D eigenvalue weighted by Gasteiger charge is 2.08. The van der Waals surface area contributed by atoms with E-state index in [0.29, 0.717) is 0 Å². The molecule has 1 rings (SSSR count). The summed E-state index contributed by atoms with van der Waals surface area (Å²) in [5, 5.41) is 0. The van der Waals surface area contributed by atoms with Crippen LogP contribution in [0.25, 0.3) is 0 Å². The lowest BCUT2D eigenvalue weighted by atomic mass is 9.98. The second-order valence-electron chi connectivity index (χ2n) is 3.85. The number of unbranched alkanes of at least 4 members (excludes halogenated alkanes) is 1. The van der Waals surface area contributed by atoms with Gasteiger partial charge >= 0.3 is 0 Å². The van der Waals surface area contributed by atoms with E-state index in [4.69, 9.17) is 0 Å². The van der Waals surface area contributed by atoms with Gasteiger partial charge in [0.2, 0.25) is 0 Å². The first-order valence-corrected chi connectivity index (χ1v) is 5.00. The SMILES string of the molecule is CCCCC(C)CCC1=CC1. The first-order chi connectivity index (χ1) is 5.33. The van der Waals surface area contributed by atoms with Gasteiger partial charge in [-0.2, -0.15) is 0 Å². The fourth-order valence-corrected chi connectivity index (χ4v) is 1.41. The zero-order valence-corrected chi connectivity index (χ0v) is 7.90. The molecule has 1 atom stereocenters. The van der Waals surface area contributed by atoms with Crippen LogP contribution in [0.15, 0.2) is 11.6 Å². The van der Waals surface area contributed by atoms with Crippen LogP contribution in [0.1, 0.15) is 52.4 Å². The monoisotopic (exact) mass is 152 g/mol. The lowest BCUT2D eigenvalue weighted by molar-refractivity contribution is 0.473. The fourth-order valence-electron chi connectivity index (χ4n) is 1.41. The lowest BCUT2D eigenvalue weighted by Gasteiger charge is -2.08. The smallest absolute Gasteiger partial charge is 0.0136 e. The Morgan fingerprint density at radius 2 is 2.18 bits per heavy atom. The van der Waals surface area contributed by atoms with E-state index in [1.165, 1.54) is 38.5 Å². The van der Waals surface area contributed by atoms with Gasteiger partial charge in [0.15, 0.2) is 0 Å². The van der Waals surface area contributed by atoms with E-state index in [1.54, 1.807) is 5.57 Å². The van der Waals surface area contributed by atoms with Crippen molar-refractivity contribution in [2.45, 2.75) is 52.4 Å². The van der Waals surface area contributed by atoms with E-state index in [2.05, 4.69) is 19.9 Å². The summed E-state index contributed by atoms with van der Waals surface area (Å²) in [6.07, 6.45) is 10.7. The van der Waals surface area contributed by atoms with Gasteiger partial charge in [-0.3, -0.25) is 0 Å². The van der Waals surface area contributed by atoms with Gasteiger partial charge in [0, 0.05) is 0 Å². The van der Waals surface area contributed by atoms with Crippen LogP contribution in [0.2, 0.25) is 0 Å². The summed E-state index contributed by atoms with van der Waals surface area (Å²) in [7, 11) is 0. The second-order valence-corrected chi connectivity index (χ2v) is 3.85. The molecule has 0 aromatic rings. The predicted octanol–water partition coefficient (Wildman–Crippen LogP) is 3.92. The fraction of sp³-hybridized carbons (Fsp3) is 0.818. The average molecular weight is 152 g/mol. The van der Waals surface area contributed by atoms with Crippen molar-refractivity contribution >= 4 is 0 Å². The predicted molar refractivity (Wildman–Crippen MR) is 50.6 cm³/mol. The van der Waals surface area contributed by atoms with E-state index in [0.717, 1.165) is 5.92 Å². The Labute approximate surface area is 70.7 Å². The van der Waals surface area contributed by atoms with Crippen molar-refractivity contribution in [3.05, 3.63) is 11.6 Å². The van der Waals surface area contributed by atoms with Crippen LogP contribution in [0, 0.1) is 5.92 Å². The highest BCUT2D eigenvalue weighted by molar-refractivity contribution is 5.21. The van der Waals surface area contributed by atoms with Crippen molar-refractivity contribution in [1.29, 1.82) is 0 Å². The molecule has 0 aliphatic heterocycles. The van der Waals surface area contributed by atoms with Gasteiger partial charge < -0.3 is 0 Å². The minimum absolute atomic E-state index is 0.955. The summed E-state index contributed by atoms with van der Waals surface area (Å²) in [5.74, 6) is 0.955. The van der Waals surface area contributed by atoms with E-state index in [9.17, 15) is 0 Å². The normalized spacial score (nSPS) is 17.8. The molecule has 0 saturated heterocycles. The van der Waals surface area contributed by atoms with E-state index in [-0.39, 0.29) is 0 Å². The Balaban J connectivity index is 1.91. The third kappa shape index (κ3) is 4.23. The van der Waals surface area contributed by atoms with Gasteiger partial charge in [-0.1, -0.05) is 44.8 Å². The molecule has 1 aliphatic carbocycles. The molecule has 0 heterocycles. The molecule has 0 heteroatoms. The lowest BCUT2D eigenvalue weighted by Crippen LogP contribution is -1.93. The maximum absolute atomic E-state index is 2.39. The summed E-state index contributed by atoms with van der Waals surface area (Å²) in [6.45, 7) is 4.66. The zero-order chi connectivity index (χ0) is 8.10. The molecule has 0 N–H and O–H groups in total. The second kappa shape index (κ2) is 4.58. The number of hydrogen-bond donors (Lipinski definition) is 0. The third-order valence-corrected chi connectivity index (χ3v) is 2.50. The molecule has 0 saturated carbocycles. The highest BCUT2D eigenvalue weighted by atomic mass is 14.1. The number of rotatable bonds is 6. The molecule has 0 aromatic heterocycles. The van der Waals surface area contributed by atoms with Crippen LogP contribution in [0.5, 0.6) is 0 Å².